The molecule has 2 heterocycles. The zero-order valence-corrected chi connectivity index (χ0v) is 20.1. The molecule has 0 N–H and O–H groups in total. The van der Waals surface area contributed by atoms with Crippen molar-refractivity contribution in [1.82, 2.24) is 9.88 Å². The molecule has 0 aliphatic carbocycles. The highest BCUT2D eigenvalue weighted by atomic mass is 32.1. The molecule has 2 aromatic carbocycles. The predicted octanol–water partition coefficient (Wildman–Crippen LogP) is 4.30. The molecule has 0 unspecified atom stereocenters. The van der Waals surface area contributed by atoms with E-state index < -0.39 is 0 Å². The maximum atomic E-state index is 13.2. The van der Waals surface area contributed by atoms with Crippen molar-refractivity contribution < 1.29 is 19.1 Å². The summed E-state index contributed by atoms with van der Waals surface area (Å²) in [5.41, 5.74) is 3.39. The molecule has 1 aliphatic rings. The number of hydrogen-bond donors (Lipinski definition) is 0. The summed E-state index contributed by atoms with van der Waals surface area (Å²) in [6.45, 7) is 6.20. The standard InChI is InChI=1S/C25H27N3O4S/c1-16-23(33-24(26-16)19-7-10-21(31-3)22(15-19)32-4)25(30)28-13-11-27(12-14-28)20-8-5-18(6-9-20)17(2)29/h5-10,15H,11-14H2,1-4H3. The SMILES string of the molecule is COc1ccc(-c2nc(C)c(C(=O)N3CCN(c4ccc(C(C)=O)cc4)CC3)s2)cc1OC. The zero-order valence-electron chi connectivity index (χ0n) is 19.3. The lowest BCUT2D eigenvalue weighted by molar-refractivity contribution is 0.0750. The Kier molecular flexibility index (Phi) is 6.65. The number of rotatable bonds is 6. The Morgan fingerprint density at radius 1 is 0.939 bits per heavy atom. The molecule has 0 bridgehead atoms. The minimum absolute atomic E-state index is 0.0169. The summed E-state index contributed by atoms with van der Waals surface area (Å²) in [6, 6.07) is 13.3. The van der Waals surface area contributed by atoms with Crippen molar-refractivity contribution in [1.29, 1.82) is 0 Å². The van der Waals surface area contributed by atoms with Crippen molar-refractivity contribution >= 4 is 28.7 Å². The zero-order chi connectivity index (χ0) is 23.5. The Hall–Kier alpha value is -3.39. The molecule has 3 aromatic rings. The highest BCUT2D eigenvalue weighted by Crippen LogP contribution is 2.35. The molecule has 7 nitrogen and oxygen atoms in total. The molecule has 0 spiro atoms. The summed E-state index contributed by atoms with van der Waals surface area (Å²) >= 11 is 1.40. The number of hydrogen-bond acceptors (Lipinski definition) is 7. The Labute approximate surface area is 197 Å². The molecule has 1 aliphatic heterocycles. The van der Waals surface area contributed by atoms with Crippen molar-refractivity contribution in [3.63, 3.8) is 0 Å². The first-order valence-corrected chi connectivity index (χ1v) is 11.6. The van der Waals surface area contributed by atoms with Gasteiger partial charge in [0.05, 0.1) is 19.9 Å². The van der Waals surface area contributed by atoms with E-state index in [4.69, 9.17) is 9.47 Å². The number of aromatic nitrogens is 1. The third-order valence-electron chi connectivity index (χ3n) is 5.83. The minimum atomic E-state index is 0.0169. The van der Waals surface area contributed by atoms with E-state index in [1.807, 2.05) is 54.3 Å². The second-order valence-electron chi connectivity index (χ2n) is 7.89. The smallest absolute Gasteiger partial charge is 0.265 e. The summed E-state index contributed by atoms with van der Waals surface area (Å²) < 4.78 is 10.7. The predicted molar refractivity (Wildman–Crippen MR) is 130 cm³/mol. The van der Waals surface area contributed by atoms with Crippen molar-refractivity contribution in [2.45, 2.75) is 13.8 Å². The number of carbonyl (C=O) groups is 2. The van der Waals surface area contributed by atoms with E-state index in [-0.39, 0.29) is 11.7 Å². The summed E-state index contributed by atoms with van der Waals surface area (Å²) in [4.78, 5) is 34.2. The second kappa shape index (κ2) is 9.62. The maximum absolute atomic E-state index is 13.2. The van der Waals surface area contributed by atoms with Crippen LogP contribution in [0.5, 0.6) is 11.5 Å². The van der Waals surface area contributed by atoms with E-state index in [1.54, 1.807) is 21.1 Å². The fourth-order valence-electron chi connectivity index (χ4n) is 3.91. The second-order valence-corrected chi connectivity index (χ2v) is 8.88. The average Bonchev–Trinajstić information content (AvgIpc) is 3.24. The number of nitrogens with zero attached hydrogens (tertiary/aromatic N) is 3. The van der Waals surface area contributed by atoms with Gasteiger partial charge in [0, 0.05) is 43.0 Å². The summed E-state index contributed by atoms with van der Waals surface area (Å²) in [7, 11) is 3.20. The van der Waals surface area contributed by atoms with Gasteiger partial charge in [0.2, 0.25) is 0 Å². The minimum Gasteiger partial charge on any atom is -0.493 e. The molecule has 1 saturated heterocycles. The summed E-state index contributed by atoms with van der Waals surface area (Å²) in [5, 5.41) is 0.779. The molecule has 1 amide bonds. The Balaban J connectivity index is 1.45. The number of amides is 1. The van der Waals surface area contributed by atoms with Crippen LogP contribution in [0.3, 0.4) is 0 Å². The van der Waals surface area contributed by atoms with Gasteiger partial charge in [-0.25, -0.2) is 4.98 Å². The van der Waals surface area contributed by atoms with Gasteiger partial charge in [-0.1, -0.05) is 0 Å². The molecular weight excluding hydrogens is 438 g/mol. The number of benzene rings is 2. The highest BCUT2D eigenvalue weighted by Gasteiger charge is 2.26. The van der Waals surface area contributed by atoms with Gasteiger partial charge in [-0.05, 0) is 56.3 Å². The van der Waals surface area contributed by atoms with Gasteiger partial charge in [-0.3, -0.25) is 9.59 Å². The van der Waals surface area contributed by atoms with Crippen molar-refractivity contribution in [2.24, 2.45) is 0 Å². The lowest BCUT2D eigenvalue weighted by Gasteiger charge is -2.36. The fraction of sp³-hybridized carbons (Fsp3) is 0.320. The van der Waals surface area contributed by atoms with Crippen LogP contribution >= 0.6 is 11.3 Å². The van der Waals surface area contributed by atoms with E-state index in [1.165, 1.54) is 11.3 Å². The molecule has 0 radical (unpaired) electrons. The molecule has 4 rings (SSSR count). The lowest BCUT2D eigenvalue weighted by atomic mass is 10.1. The van der Waals surface area contributed by atoms with E-state index in [9.17, 15) is 9.59 Å². The van der Waals surface area contributed by atoms with Gasteiger partial charge in [0.15, 0.2) is 17.3 Å². The van der Waals surface area contributed by atoms with Gasteiger partial charge in [0.1, 0.15) is 9.88 Å². The van der Waals surface area contributed by atoms with Crippen molar-refractivity contribution in [2.75, 3.05) is 45.3 Å². The van der Waals surface area contributed by atoms with Crippen LogP contribution in [0.25, 0.3) is 10.6 Å². The number of methoxy groups -OCH3 is 2. The van der Waals surface area contributed by atoms with Gasteiger partial charge >= 0.3 is 0 Å². The van der Waals surface area contributed by atoms with Crippen LogP contribution in [0.1, 0.15) is 32.6 Å². The third-order valence-corrected chi connectivity index (χ3v) is 7.02. The number of carbonyl (C=O) groups excluding carboxylic acids is 2. The van der Waals surface area contributed by atoms with E-state index in [2.05, 4.69) is 9.88 Å². The van der Waals surface area contributed by atoms with Crippen LogP contribution in [0.4, 0.5) is 5.69 Å². The quantitative estimate of drug-likeness (QED) is 0.506. The number of Topliss-reactive ketones (excluding diaryl/α,β-unsaturated/α-hetero) is 1. The van der Waals surface area contributed by atoms with Crippen LogP contribution < -0.4 is 14.4 Å². The third kappa shape index (κ3) is 4.71. The first-order valence-electron chi connectivity index (χ1n) is 10.8. The largest absolute Gasteiger partial charge is 0.493 e. The average molecular weight is 466 g/mol. The molecular formula is C25H27N3O4S. The first-order chi connectivity index (χ1) is 15.9. The van der Waals surface area contributed by atoms with Crippen LogP contribution in [0.15, 0.2) is 42.5 Å². The maximum Gasteiger partial charge on any atom is 0.265 e. The molecule has 1 aromatic heterocycles. The van der Waals surface area contributed by atoms with Crippen molar-refractivity contribution in [3.8, 4) is 22.1 Å². The lowest BCUT2D eigenvalue weighted by Crippen LogP contribution is -2.48. The van der Waals surface area contributed by atoms with Crippen LogP contribution in [0.2, 0.25) is 0 Å². The Bertz CT molecular complexity index is 1160. The van der Waals surface area contributed by atoms with Crippen molar-refractivity contribution in [3.05, 3.63) is 58.6 Å². The number of ether oxygens (including phenoxy) is 2. The molecule has 172 valence electrons. The highest BCUT2D eigenvalue weighted by molar-refractivity contribution is 7.17. The van der Waals surface area contributed by atoms with Crippen LogP contribution in [-0.2, 0) is 0 Å². The van der Waals surface area contributed by atoms with E-state index in [0.717, 1.165) is 35.0 Å². The number of thiazole rings is 1. The number of piperazine rings is 1. The first kappa shape index (κ1) is 22.8. The molecule has 33 heavy (non-hydrogen) atoms. The van der Waals surface area contributed by atoms with Gasteiger partial charge in [-0.15, -0.1) is 11.3 Å². The topological polar surface area (TPSA) is 72.0 Å². The molecule has 1 fully saturated rings. The Morgan fingerprint density at radius 3 is 2.21 bits per heavy atom. The van der Waals surface area contributed by atoms with Gasteiger partial charge in [-0.2, -0.15) is 0 Å². The monoisotopic (exact) mass is 465 g/mol. The fourth-order valence-corrected chi connectivity index (χ4v) is 4.94. The van der Waals surface area contributed by atoms with Crippen LogP contribution in [-0.4, -0.2) is 62.0 Å². The Morgan fingerprint density at radius 2 is 1.61 bits per heavy atom. The summed E-state index contributed by atoms with van der Waals surface area (Å²) in [6.07, 6.45) is 0. The van der Waals surface area contributed by atoms with Gasteiger partial charge in [0.25, 0.3) is 5.91 Å². The number of anilines is 1. The van der Waals surface area contributed by atoms with E-state index in [0.29, 0.717) is 35.0 Å². The normalized spacial score (nSPS) is 13.7. The number of aryl methyl sites for hydroxylation is 1. The number of ketones is 1. The van der Waals surface area contributed by atoms with E-state index >= 15 is 0 Å². The summed E-state index contributed by atoms with van der Waals surface area (Å²) in [5.74, 6) is 1.36. The molecule has 8 heteroatoms. The molecule has 0 saturated carbocycles. The molecule has 0 atom stereocenters. The van der Waals surface area contributed by atoms with Gasteiger partial charge < -0.3 is 19.3 Å². The van der Waals surface area contributed by atoms with Crippen LogP contribution in [0, 0.1) is 6.92 Å².